The maximum atomic E-state index is 12.4. The van der Waals surface area contributed by atoms with Crippen LogP contribution in [-0.2, 0) is 41.3 Å². The largest absolute Gasteiger partial charge is 0.519 e. The van der Waals surface area contributed by atoms with Gasteiger partial charge >= 0.3 is 24.4 Å². The molecule has 0 aliphatic carbocycles. The third-order valence-corrected chi connectivity index (χ3v) is 5.20. The van der Waals surface area contributed by atoms with Crippen molar-refractivity contribution < 1.29 is 53.1 Å². The van der Waals surface area contributed by atoms with E-state index in [0.717, 1.165) is 17.5 Å². The number of hydrogen-bond acceptors (Lipinski definition) is 12. The van der Waals surface area contributed by atoms with Gasteiger partial charge < -0.3 is 44.9 Å². The Bertz CT molecular complexity index is 1320. The normalized spacial score (nSPS) is 12.7. The van der Waals surface area contributed by atoms with Crippen molar-refractivity contribution >= 4 is 24.4 Å². The minimum Gasteiger partial charge on any atom is -0.508 e. The molecule has 0 saturated carbocycles. The number of benzene rings is 2. The molecule has 2 rings (SSSR count). The Labute approximate surface area is 296 Å². The molecule has 0 spiro atoms. The van der Waals surface area contributed by atoms with Crippen LogP contribution in [0.3, 0.4) is 0 Å². The van der Waals surface area contributed by atoms with E-state index in [4.69, 9.17) is 29.8 Å². The van der Waals surface area contributed by atoms with E-state index >= 15 is 0 Å². The third-order valence-electron chi connectivity index (χ3n) is 5.20. The second-order valence-corrected chi connectivity index (χ2v) is 15.5. The predicted octanol–water partition coefficient (Wildman–Crippen LogP) is 7.32. The number of hydrogen-bond donors (Lipinski definition) is 4. The van der Waals surface area contributed by atoms with Gasteiger partial charge in [-0.1, -0.05) is 24.3 Å². The average molecular weight is 707 g/mol. The van der Waals surface area contributed by atoms with Crippen molar-refractivity contribution in [3.63, 3.8) is 0 Å². The maximum Gasteiger partial charge on any atom is 0.519 e. The van der Waals surface area contributed by atoms with Gasteiger partial charge in [0.1, 0.15) is 39.9 Å². The van der Waals surface area contributed by atoms with Crippen molar-refractivity contribution in [2.75, 3.05) is 0 Å². The Kier molecular flexibility index (Phi) is 17.8. The van der Waals surface area contributed by atoms with Crippen molar-refractivity contribution in [3.8, 4) is 11.5 Å². The number of rotatable bonds is 6. The minimum absolute atomic E-state index is 0.132. The molecule has 0 radical (unpaired) electrons. The number of alkyl carbamates (subject to hydrolysis) is 1. The van der Waals surface area contributed by atoms with Crippen LogP contribution >= 0.6 is 0 Å². The van der Waals surface area contributed by atoms with E-state index in [9.17, 15) is 24.3 Å². The first-order valence-electron chi connectivity index (χ1n) is 16.2. The zero-order chi connectivity index (χ0) is 39.1. The highest BCUT2D eigenvalue weighted by Crippen LogP contribution is 2.16. The molecule has 0 aliphatic heterocycles. The quantitative estimate of drug-likeness (QED) is 0.133. The summed E-state index contributed by atoms with van der Waals surface area (Å²) in [7, 11) is 0. The van der Waals surface area contributed by atoms with E-state index in [1.807, 2.05) is 19.1 Å². The lowest BCUT2D eigenvalue weighted by Crippen LogP contribution is -2.47. The number of aromatic hydroxyl groups is 2. The van der Waals surface area contributed by atoms with Crippen molar-refractivity contribution in [1.29, 1.82) is 0 Å². The van der Waals surface area contributed by atoms with Crippen LogP contribution in [0.4, 0.5) is 14.4 Å². The molecule has 1 amide bonds. The number of carbonyl (C=O) groups is 4. The number of carbonyl (C=O) groups excluding carboxylic acids is 4. The van der Waals surface area contributed by atoms with Crippen LogP contribution in [0, 0.1) is 0 Å². The molecule has 0 saturated heterocycles. The summed E-state index contributed by atoms with van der Waals surface area (Å²) in [6, 6.07) is 12.8. The molecule has 2 atom stereocenters. The molecule has 282 valence electrons. The number of nitrogens with two attached hydrogens (primary N) is 1. The van der Waals surface area contributed by atoms with Gasteiger partial charge in [-0.2, -0.15) is 0 Å². The van der Waals surface area contributed by atoms with Crippen LogP contribution in [0.25, 0.3) is 0 Å². The average Bonchev–Trinajstić information content (AvgIpc) is 2.87. The fourth-order valence-electron chi connectivity index (χ4n) is 3.50. The van der Waals surface area contributed by atoms with Crippen LogP contribution in [-0.4, -0.2) is 69.1 Å². The van der Waals surface area contributed by atoms with Gasteiger partial charge in [0.2, 0.25) is 0 Å². The smallest absolute Gasteiger partial charge is 0.508 e. The summed E-state index contributed by atoms with van der Waals surface area (Å²) in [6.45, 7) is 22.5. The van der Waals surface area contributed by atoms with Gasteiger partial charge in [-0.3, -0.25) is 0 Å². The van der Waals surface area contributed by atoms with Gasteiger partial charge in [-0.15, -0.1) is 0 Å². The molecule has 0 aliphatic rings. The van der Waals surface area contributed by atoms with E-state index in [1.54, 1.807) is 107 Å². The summed E-state index contributed by atoms with van der Waals surface area (Å²) in [5.74, 6) is -0.104. The molecule has 13 nitrogen and oxygen atoms in total. The zero-order valence-electron chi connectivity index (χ0n) is 31.8. The number of nitrogens with one attached hydrogen (secondary N) is 1. The summed E-state index contributed by atoms with van der Waals surface area (Å²) in [6.07, 6.45) is -1.71. The summed E-state index contributed by atoms with van der Waals surface area (Å²) in [5.41, 5.74) is 4.82. The fraction of sp³-hybridized carbons (Fsp3) is 0.568. The Balaban J connectivity index is 0.000000787. The molecule has 2 aromatic rings. The van der Waals surface area contributed by atoms with E-state index in [-0.39, 0.29) is 18.2 Å². The van der Waals surface area contributed by atoms with Crippen LogP contribution in [0.2, 0.25) is 0 Å². The number of ether oxygens (including phenoxy) is 5. The number of phenolic OH excluding ortho intramolecular Hbond substituents is 2. The molecule has 5 N–H and O–H groups in total. The molecular weight excluding hydrogens is 648 g/mol. The van der Waals surface area contributed by atoms with Gasteiger partial charge in [0.05, 0.1) is 0 Å². The highest BCUT2D eigenvalue weighted by molar-refractivity contribution is 5.82. The lowest BCUT2D eigenvalue weighted by Gasteiger charge is -2.26. The number of phenols is 2. The first-order chi connectivity index (χ1) is 22.5. The van der Waals surface area contributed by atoms with Crippen LogP contribution in [0.15, 0.2) is 48.5 Å². The second-order valence-electron chi connectivity index (χ2n) is 15.5. The highest BCUT2D eigenvalue weighted by Gasteiger charge is 2.29. The topological polar surface area (TPSA) is 193 Å². The zero-order valence-corrected chi connectivity index (χ0v) is 31.8. The van der Waals surface area contributed by atoms with E-state index in [1.165, 1.54) is 12.1 Å². The van der Waals surface area contributed by atoms with Crippen LogP contribution in [0.1, 0.15) is 101 Å². The second kappa shape index (κ2) is 19.6. The number of esters is 1. The lowest BCUT2D eigenvalue weighted by atomic mass is 10.1. The standard InChI is InChI=1S/C18H27NO5.C10H18O5.C9H13NO/c1-17(2,3)23-15(21)14(19-16(22)24-18(4,5)6)11-12-7-9-13(20)10-8-12;1-9(2,3)14-7(11)13-8(12)15-10(4,5)6;1-7(10)6-8-2-4-9(11)5-3-8/h7-10,14,20H,11H2,1-6H3,(H,19,22);1-6H3;2-5,7,11H,6,10H2,1H3/t14-;;7-/m0.1/s1. The van der Waals surface area contributed by atoms with Crippen molar-refractivity contribution in [3.05, 3.63) is 59.7 Å². The fourth-order valence-corrected chi connectivity index (χ4v) is 3.50. The predicted molar refractivity (Wildman–Crippen MR) is 190 cm³/mol. The van der Waals surface area contributed by atoms with Gasteiger partial charge in [0.15, 0.2) is 0 Å². The van der Waals surface area contributed by atoms with Crippen LogP contribution in [0.5, 0.6) is 11.5 Å². The van der Waals surface area contributed by atoms with E-state index in [0.29, 0.717) is 5.75 Å². The summed E-state index contributed by atoms with van der Waals surface area (Å²) < 4.78 is 24.4. The first kappa shape index (κ1) is 45.5. The summed E-state index contributed by atoms with van der Waals surface area (Å²) in [4.78, 5) is 46.4. The van der Waals surface area contributed by atoms with Crippen molar-refractivity contribution in [1.82, 2.24) is 5.32 Å². The van der Waals surface area contributed by atoms with Gasteiger partial charge in [0.25, 0.3) is 0 Å². The highest BCUT2D eigenvalue weighted by atomic mass is 16.8. The summed E-state index contributed by atoms with van der Waals surface area (Å²) >= 11 is 0. The first-order valence-corrected chi connectivity index (χ1v) is 16.2. The molecule has 0 bridgehead atoms. The van der Waals surface area contributed by atoms with E-state index in [2.05, 4.69) is 10.1 Å². The van der Waals surface area contributed by atoms with Gasteiger partial charge in [-0.25, -0.2) is 19.2 Å². The molecule has 0 unspecified atom stereocenters. The molecule has 2 aromatic carbocycles. The lowest BCUT2D eigenvalue weighted by molar-refractivity contribution is -0.157. The summed E-state index contributed by atoms with van der Waals surface area (Å²) in [5, 5.41) is 20.9. The molecule has 0 fully saturated rings. The minimum atomic E-state index is -1.06. The molecule has 13 heteroatoms. The van der Waals surface area contributed by atoms with Gasteiger partial charge in [-0.05, 0) is 132 Å². The number of amides is 1. The SMILES string of the molecule is CC(C)(C)OC(=O)N[C@@H](Cc1ccc(O)cc1)C(=O)OC(C)(C)C.CC(C)(C)OC(=O)OC(=O)OC(C)(C)C.C[C@@H](N)Cc1ccc(O)cc1. The molecule has 0 aromatic heterocycles. The van der Waals surface area contributed by atoms with Crippen molar-refractivity contribution in [2.45, 2.75) is 137 Å². The third kappa shape index (κ3) is 25.5. The molecule has 50 heavy (non-hydrogen) atoms. The molecular formula is C37H58N2O11. The molecule has 0 heterocycles. The Morgan fingerprint density at radius 1 is 0.600 bits per heavy atom. The Morgan fingerprint density at radius 3 is 1.26 bits per heavy atom. The maximum absolute atomic E-state index is 12.4. The van der Waals surface area contributed by atoms with Crippen molar-refractivity contribution in [2.24, 2.45) is 5.73 Å². The van der Waals surface area contributed by atoms with Gasteiger partial charge in [0, 0.05) is 12.5 Å². The van der Waals surface area contributed by atoms with Crippen LogP contribution < -0.4 is 11.1 Å². The Hall–Kier alpha value is -4.52. The van der Waals surface area contributed by atoms with E-state index < -0.39 is 52.8 Å². The Morgan fingerprint density at radius 2 is 0.940 bits per heavy atom. The monoisotopic (exact) mass is 706 g/mol.